The van der Waals surface area contributed by atoms with E-state index in [0.29, 0.717) is 6.07 Å². The second-order valence-corrected chi connectivity index (χ2v) is 3.04. The fourth-order valence-corrected chi connectivity index (χ4v) is 1.28. The number of nitrogens with zero attached hydrogens (tertiary/aromatic N) is 1. The Morgan fingerprint density at radius 1 is 1.53 bits per heavy atom. The molecule has 0 aliphatic carbocycles. The summed E-state index contributed by atoms with van der Waals surface area (Å²) in [6.07, 6.45) is -5.27. The maximum Gasteiger partial charge on any atom is 0.573 e. The lowest BCUT2D eigenvalue weighted by molar-refractivity contribution is -0.274. The van der Waals surface area contributed by atoms with Gasteiger partial charge in [-0.2, -0.15) is 5.26 Å². The Hall–Kier alpha value is -2.01. The van der Waals surface area contributed by atoms with E-state index in [2.05, 4.69) is 9.72 Å². The number of nitrogens with two attached hydrogens (primary N) is 1. The third kappa shape index (κ3) is 3.49. The Balaban J connectivity index is 3.31. The van der Waals surface area contributed by atoms with Crippen LogP contribution in [0.5, 0.6) is 5.75 Å². The zero-order valence-electron chi connectivity index (χ0n) is 8.47. The third-order valence-corrected chi connectivity index (χ3v) is 1.88. The molecule has 0 saturated carbocycles. The molecule has 1 aromatic rings. The van der Waals surface area contributed by atoms with Gasteiger partial charge in [0.05, 0.1) is 12.5 Å². The summed E-state index contributed by atoms with van der Waals surface area (Å²) >= 11 is 0. The van der Waals surface area contributed by atoms with E-state index in [-0.39, 0.29) is 24.2 Å². The number of nitriles is 1. The molecular weight excluding hydrogens is 239 g/mol. The van der Waals surface area contributed by atoms with Crippen molar-refractivity contribution in [3.63, 3.8) is 0 Å². The number of alkyl halides is 3. The molecule has 1 heterocycles. The first-order valence-corrected chi connectivity index (χ1v) is 4.45. The molecule has 0 fully saturated rings. The summed E-state index contributed by atoms with van der Waals surface area (Å²) in [5.41, 5.74) is 4.49. The number of H-pyrrole nitrogens is 1. The molecule has 0 saturated heterocycles. The number of ether oxygens (including phenoxy) is 1. The molecule has 0 amide bonds. The minimum absolute atomic E-state index is 0.0540. The second kappa shape index (κ2) is 4.88. The fraction of sp³-hybridized carbons (Fsp3) is 0.333. The molecule has 5 nitrogen and oxygen atoms in total. The van der Waals surface area contributed by atoms with Gasteiger partial charge >= 0.3 is 6.36 Å². The normalized spacial score (nSPS) is 11.0. The number of rotatable bonds is 3. The summed E-state index contributed by atoms with van der Waals surface area (Å²) in [7, 11) is 0. The maximum absolute atomic E-state index is 12.1. The van der Waals surface area contributed by atoms with E-state index >= 15 is 0 Å². The third-order valence-electron chi connectivity index (χ3n) is 1.88. The number of aromatic nitrogens is 1. The first kappa shape index (κ1) is 13.1. The van der Waals surface area contributed by atoms with Crippen LogP contribution in [0.15, 0.2) is 10.9 Å². The van der Waals surface area contributed by atoms with Crippen LogP contribution in [0.1, 0.15) is 11.3 Å². The molecule has 0 unspecified atom stereocenters. The SMILES string of the molecule is N#CCc1c(OC(F)(F)F)cc(=O)[nH]c1CN. The van der Waals surface area contributed by atoms with E-state index in [9.17, 15) is 18.0 Å². The molecule has 0 spiro atoms. The fourth-order valence-electron chi connectivity index (χ4n) is 1.28. The summed E-state index contributed by atoms with van der Waals surface area (Å²) in [5, 5.41) is 8.51. The van der Waals surface area contributed by atoms with Crippen molar-refractivity contribution in [1.82, 2.24) is 4.98 Å². The molecule has 0 atom stereocenters. The van der Waals surface area contributed by atoms with Gasteiger partial charge in [0.15, 0.2) is 0 Å². The minimum atomic E-state index is -4.93. The molecule has 1 rings (SSSR count). The Labute approximate surface area is 93.6 Å². The van der Waals surface area contributed by atoms with Crippen LogP contribution in [-0.4, -0.2) is 11.3 Å². The number of aromatic amines is 1. The van der Waals surface area contributed by atoms with Crippen molar-refractivity contribution in [3.8, 4) is 11.8 Å². The summed E-state index contributed by atoms with van der Waals surface area (Å²) in [6, 6.07) is 2.32. The lowest BCUT2D eigenvalue weighted by Gasteiger charge is -2.13. The molecule has 1 aromatic heterocycles. The molecule has 17 heavy (non-hydrogen) atoms. The number of hydrogen-bond donors (Lipinski definition) is 2. The van der Waals surface area contributed by atoms with E-state index in [0.717, 1.165) is 0 Å². The van der Waals surface area contributed by atoms with Crippen LogP contribution in [0.25, 0.3) is 0 Å². The average Bonchev–Trinajstić information content (AvgIpc) is 2.19. The van der Waals surface area contributed by atoms with Gasteiger partial charge in [0.25, 0.3) is 5.56 Å². The first-order valence-electron chi connectivity index (χ1n) is 4.45. The quantitative estimate of drug-likeness (QED) is 0.826. The van der Waals surface area contributed by atoms with Gasteiger partial charge in [-0.1, -0.05) is 0 Å². The van der Waals surface area contributed by atoms with Crippen molar-refractivity contribution in [3.05, 3.63) is 27.7 Å². The van der Waals surface area contributed by atoms with Gasteiger partial charge in [-0.05, 0) is 0 Å². The van der Waals surface area contributed by atoms with Crippen LogP contribution in [0, 0.1) is 11.3 Å². The van der Waals surface area contributed by atoms with E-state index in [1.54, 1.807) is 6.07 Å². The van der Waals surface area contributed by atoms with Gasteiger partial charge in [-0.25, -0.2) is 0 Å². The number of halogens is 3. The monoisotopic (exact) mass is 247 g/mol. The van der Waals surface area contributed by atoms with Gasteiger partial charge < -0.3 is 15.5 Å². The topological polar surface area (TPSA) is 91.9 Å². The summed E-state index contributed by atoms with van der Waals surface area (Å²) in [6.45, 7) is -0.193. The minimum Gasteiger partial charge on any atom is -0.405 e. The summed E-state index contributed by atoms with van der Waals surface area (Å²) < 4.78 is 39.9. The highest BCUT2D eigenvalue weighted by molar-refractivity contribution is 5.38. The predicted octanol–water partition coefficient (Wildman–Crippen LogP) is 0.798. The maximum atomic E-state index is 12.1. The zero-order chi connectivity index (χ0) is 13.1. The van der Waals surface area contributed by atoms with Crippen LogP contribution in [-0.2, 0) is 13.0 Å². The van der Waals surface area contributed by atoms with Crippen molar-refractivity contribution in [2.45, 2.75) is 19.3 Å². The van der Waals surface area contributed by atoms with Gasteiger partial charge in [0.1, 0.15) is 5.75 Å². The highest BCUT2D eigenvalue weighted by atomic mass is 19.4. The number of pyridine rings is 1. The standard InChI is InChI=1S/C9H8F3N3O2/c10-9(11,12)17-7-3-8(16)15-6(4-14)5(7)1-2-13/h3H,1,4,14H2,(H,15,16). The van der Waals surface area contributed by atoms with E-state index in [4.69, 9.17) is 11.0 Å². The van der Waals surface area contributed by atoms with Gasteiger partial charge in [-0.15, -0.1) is 13.2 Å². The van der Waals surface area contributed by atoms with E-state index in [1.807, 2.05) is 0 Å². The van der Waals surface area contributed by atoms with E-state index < -0.39 is 17.7 Å². The molecule has 92 valence electrons. The molecule has 8 heteroatoms. The van der Waals surface area contributed by atoms with Crippen LogP contribution >= 0.6 is 0 Å². The number of hydrogen-bond acceptors (Lipinski definition) is 4. The van der Waals surface area contributed by atoms with Gasteiger partial charge in [0, 0.05) is 23.9 Å². The van der Waals surface area contributed by atoms with Crippen molar-refractivity contribution < 1.29 is 17.9 Å². The largest absolute Gasteiger partial charge is 0.573 e. The number of nitrogens with one attached hydrogen (secondary N) is 1. The van der Waals surface area contributed by atoms with Gasteiger partial charge in [-0.3, -0.25) is 4.79 Å². The second-order valence-electron chi connectivity index (χ2n) is 3.04. The lowest BCUT2D eigenvalue weighted by Crippen LogP contribution is -2.22. The van der Waals surface area contributed by atoms with E-state index in [1.165, 1.54) is 0 Å². The van der Waals surface area contributed by atoms with Crippen molar-refractivity contribution in [2.75, 3.05) is 0 Å². The molecule has 0 radical (unpaired) electrons. The van der Waals surface area contributed by atoms with Crippen molar-refractivity contribution >= 4 is 0 Å². The Bertz CT molecular complexity index is 502. The van der Waals surface area contributed by atoms with Crippen molar-refractivity contribution in [2.24, 2.45) is 5.73 Å². The zero-order valence-corrected chi connectivity index (χ0v) is 8.47. The molecule has 0 bridgehead atoms. The summed E-state index contributed by atoms with van der Waals surface area (Å²) in [4.78, 5) is 13.3. The van der Waals surface area contributed by atoms with Crippen LogP contribution in [0.3, 0.4) is 0 Å². The molecule has 0 aliphatic heterocycles. The summed E-state index contributed by atoms with van der Waals surface area (Å²) in [5.74, 6) is -0.691. The average molecular weight is 247 g/mol. The Morgan fingerprint density at radius 2 is 2.18 bits per heavy atom. The van der Waals surface area contributed by atoms with Crippen LogP contribution in [0.4, 0.5) is 13.2 Å². The molecular formula is C9H8F3N3O2. The Morgan fingerprint density at radius 3 is 2.65 bits per heavy atom. The highest BCUT2D eigenvalue weighted by Crippen LogP contribution is 2.26. The Kier molecular flexibility index (Phi) is 3.75. The molecule has 0 aromatic carbocycles. The lowest BCUT2D eigenvalue weighted by atomic mass is 10.1. The smallest absolute Gasteiger partial charge is 0.405 e. The molecule has 3 N–H and O–H groups in total. The molecule has 0 aliphatic rings. The van der Waals surface area contributed by atoms with Crippen LogP contribution in [0.2, 0.25) is 0 Å². The van der Waals surface area contributed by atoms with Crippen molar-refractivity contribution in [1.29, 1.82) is 5.26 Å². The highest BCUT2D eigenvalue weighted by Gasteiger charge is 2.32. The van der Waals surface area contributed by atoms with Crippen LogP contribution < -0.4 is 16.0 Å². The first-order chi connectivity index (χ1) is 7.87. The predicted molar refractivity (Wildman–Crippen MR) is 51.0 cm³/mol. The van der Waals surface area contributed by atoms with Gasteiger partial charge in [0.2, 0.25) is 0 Å².